The summed E-state index contributed by atoms with van der Waals surface area (Å²) in [5, 5.41) is 3.46. The second-order valence-electron chi connectivity index (χ2n) is 4.66. The molecule has 0 atom stereocenters. The van der Waals surface area contributed by atoms with Gasteiger partial charge in [0.15, 0.2) is 0 Å². The minimum atomic E-state index is 0.705. The normalized spacial score (nSPS) is 10.7. The second-order valence-corrected chi connectivity index (χ2v) is 4.66. The molecule has 0 saturated heterocycles. The van der Waals surface area contributed by atoms with Gasteiger partial charge in [-0.2, -0.15) is 0 Å². The van der Waals surface area contributed by atoms with E-state index in [-0.39, 0.29) is 0 Å². The highest BCUT2D eigenvalue weighted by Crippen LogP contribution is 2.26. The molecule has 0 aliphatic carbocycles. The zero-order valence-electron chi connectivity index (χ0n) is 11.8. The standard InChI is InChI=1S/C15H26N2O/c1-4-9-18-15-10-13(7-8-14(15)16)17-11-12(5-2)6-3/h7-8,10,12,17H,4-6,9,11,16H2,1-3H3. The number of ether oxygens (including phenoxy) is 1. The van der Waals surface area contributed by atoms with Crippen LogP contribution in [0.2, 0.25) is 0 Å². The van der Waals surface area contributed by atoms with Gasteiger partial charge in [0.1, 0.15) is 5.75 Å². The highest BCUT2D eigenvalue weighted by Gasteiger charge is 2.05. The number of nitrogens with one attached hydrogen (secondary N) is 1. The Morgan fingerprint density at radius 3 is 2.56 bits per heavy atom. The number of benzene rings is 1. The molecule has 0 amide bonds. The molecule has 0 heterocycles. The van der Waals surface area contributed by atoms with Crippen LogP contribution in [-0.2, 0) is 0 Å². The summed E-state index contributed by atoms with van der Waals surface area (Å²) >= 11 is 0. The maximum atomic E-state index is 5.89. The van der Waals surface area contributed by atoms with Crippen molar-refractivity contribution < 1.29 is 4.74 Å². The summed E-state index contributed by atoms with van der Waals surface area (Å²) in [6.45, 7) is 8.26. The van der Waals surface area contributed by atoms with Crippen LogP contribution in [0.4, 0.5) is 11.4 Å². The molecule has 0 saturated carbocycles. The minimum absolute atomic E-state index is 0.705. The van der Waals surface area contributed by atoms with E-state index in [0.29, 0.717) is 12.3 Å². The fraction of sp³-hybridized carbons (Fsp3) is 0.600. The molecule has 0 radical (unpaired) electrons. The van der Waals surface area contributed by atoms with Gasteiger partial charge >= 0.3 is 0 Å². The van der Waals surface area contributed by atoms with Gasteiger partial charge in [0.25, 0.3) is 0 Å². The SMILES string of the molecule is CCCOc1cc(NCC(CC)CC)ccc1N. The molecule has 0 unspecified atom stereocenters. The van der Waals surface area contributed by atoms with Gasteiger partial charge in [-0.25, -0.2) is 0 Å². The van der Waals surface area contributed by atoms with Crippen molar-refractivity contribution in [3.05, 3.63) is 18.2 Å². The van der Waals surface area contributed by atoms with E-state index in [9.17, 15) is 0 Å². The monoisotopic (exact) mass is 250 g/mol. The highest BCUT2D eigenvalue weighted by atomic mass is 16.5. The van der Waals surface area contributed by atoms with Crippen LogP contribution in [0, 0.1) is 5.92 Å². The Labute approximate surface area is 111 Å². The molecule has 1 rings (SSSR count). The lowest BCUT2D eigenvalue weighted by molar-refractivity contribution is 0.319. The van der Waals surface area contributed by atoms with Gasteiger partial charge in [-0.15, -0.1) is 0 Å². The van der Waals surface area contributed by atoms with E-state index in [2.05, 4.69) is 26.1 Å². The Balaban J connectivity index is 2.60. The lowest BCUT2D eigenvalue weighted by Crippen LogP contribution is -2.12. The van der Waals surface area contributed by atoms with E-state index in [1.54, 1.807) is 0 Å². The topological polar surface area (TPSA) is 47.3 Å². The predicted molar refractivity (Wildman–Crippen MR) is 79.2 cm³/mol. The molecule has 102 valence electrons. The number of anilines is 2. The van der Waals surface area contributed by atoms with E-state index in [1.807, 2.05) is 18.2 Å². The van der Waals surface area contributed by atoms with Crippen LogP contribution < -0.4 is 15.8 Å². The molecule has 1 aromatic carbocycles. The molecule has 0 aliphatic heterocycles. The van der Waals surface area contributed by atoms with Crippen LogP contribution in [0.1, 0.15) is 40.0 Å². The molecule has 0 bridgehead atoms. The molecular weight excluding hydrogens is 224 g/mol. The van der Waals surface area contributed by atoms with E-state index >= 15 is 0 Å². The Kier molecular flexibility index (Phi) is 6.40. The highest BCUT2D eigenvalue weighted by molar-refractivity contribution is 5.61. The van der Waals surface area contributed by atoms with E-state index in [4.69, 9.17) is 10.5 Å². The van der Waals surface area contributed by atoms with Gasteiger partial charge in [0.2, 0.25) is 0 Å². The Morgan fingerprint density at radius 1 is 1.22 bits per heavy atom. The fourth-order valence-corrected chi connectivity index (χ4v) is 1.82. The zero-order valence-corrected chi connectivity index (χ0v) is 11.8. The smallest absolute Gasteiger partial charge is 0.144 e. The zero-order chi connectivity index (χ0) is 13.4. The third-order valence-electron chi connectivity index (χ3n) is 3.22. The number of nitrogen functional groups attached to an aromatic ring is 1. The molecule has 0 aromatic heterocycles. The van der Waals surface area contributed by atoms with Crippen molar-refractivity contribution in [2.45, 2.75) is 40.0 Å². The van der Waals surface area contributed by atoms with Crippen LogP contribution >= 0.6 is 0 Å². The van der Waals surface area contributed by atoms with Gasteiger partial charge in [0, 0.05) is 18.3 Å². The van der Waals surface area contributed by atoms with Gasteiger partial charge in [-0.1, -0.05) is 33.6 Å². The molecule has 1 aromatic rings. The summed E-state index contributed by atoms with van der Waals surface area (Å²) in [5.41, 5.74) is 7.68. The molecule has 3 heteroatoms. The van der Waals surface area contributed by atoms with Crippen LogP contribution in [0.5, 0.6) is 5.75 Å². The lowest BCUT2D eigenvalue weighted by Gasteiger charge is -2.16. The van der Waals surface area contributed by atoms with Gasteiger partial charge < -0.3 is 15.8 Å². The van der Waals surface area contributed by atoms with Gasteiger partial charge in [0.05, 0.1) is 12.3 Å². The van der Waals surface area contributed by atoms with Gasteiger partial charge in [-0.3, -0.25) is 0 Å². The molecule has 18 heavy (non-hydrogen) atoms. The van der Waals surface area contributed by atoms with Crippen molar-refractivity contribution in [2.75, 3.05) is 24.2 Å². The first-order valence-corrected chi connectivity index (χ1v) is 6.97. The maximum absolute atomic E-state index is 5.89. The molecule has 0 fully saturated rings. The first-order chi connectivity index (χ1) is 8.71. The number of nitrogens with two attached hydrogens (primary N) is 1. The fourth-order valence-electron chi connectivity index (χ4n) is 1.82. The van der Waals surface area contributed by atoms with Crippen molar-refractivity contribution in [1.29, 1.82) is 0 Å². The van der Waals surface area contributed by atoms with Crippen molar-refractivity contribution in [3.8, 4) is 5.75 Å². The summed E-state index contributed by atoms with van der Waals surface area (Å²) in [4.78, 5) is 0. The van der Waals surface area contributed by atoms with Gasteiger partial charge in [-0.05, 0) is 24.5 Å². The summed E-state index contributed by atoms with van der Waals surface area (Å²) < 4.78 is 5.62. The van der Waals surface area contributed by atoms with Crippen LogP contribution in [0.15, 0.2) is 18.2 Å². The Morgan fingerprint density at radius 2 is 1.94 bits per heavy atom. The van der Waals surface area contributed by atoms with Crippen molar-refractivity contribution >= 4 is 11.4 Å². The Bertz CT molecular complexity index is 348. The van der Waals surface area contributed by atoms with E-state index in [0.717, 1.165) is 30.3 Å². The average molecular weight is 250 g/mol. The van der Waals surface area contributed by atoms with Crippen molar-refractivity contribution in [3.63, 3.8) is 0 Å². The molecule has 0 aliphatic rings. The van der Waals surface area contributed by atoms with Crippen molar-refractivity contribution in [2.24, 2.45) is 5.92 Å². The van der Waals surface area contributed by atoms with Crippen LogP contribution in [0.3, 0.4) is 0 Å². The predicted octanol–water partition coefficient (Wildman–Crippen LogP) is 3.91. The summed E-state index contributed by atoms with van der Waals surface area (Å²) in [6.07, 6.45) is 3.40. The molecule has 3 N–H and O–H groups in total. The summed E-state index contributed by atoms with van der Waals surface area (Å²) in [7, 11) is 0. The van der Waals surface area contributed by atoms with E-state index in [1.165, 1.54) is 12.8 Å². The quantitative estimate of drug-likeness (QED) is 0.688. The number of hydrogen-bond donors (Lipinski definition) is 2. The Hall–Kier alpha value is -1.38. The third kappa shape index (κ3) is 4.47. The number of hydrogen-bond acceptors (Lipinski definition) is 3. The number of rotatable bonds is 8. The largest absolute Gasteiger partial charge is 0.491 e. The molecular formula is C15H26N2O. The second kappa shape index (κ2) is 7.85. The van der Waals surface area contributed by atoms with Crippen LogP contribution in [0.25, 0.3) is 0 Å². The first kappa shape index (κ1) is 14.7. The van der Waals surface area contributed by atoms with E-state index < -0.39 is 0 Å². The maximum Gasteiger partial charge on any atom is 0.144 e. The third-order valence-corrected chi connectivity index (χ3v) is 3.22. The van der Waals surface area contributed by atoms with Crippen molar-refractivity contribution in [1.82, 2.24) is 0 Å². The van der Waals surface area contributed by atoms with Crippen LogP contribution in [-0.4, -0.2) is 13.2 Å². The molecule has 0 spiro atoms. The lowest BCUT2D eigenvalue weighted by atomic mass is 10.0. The average Bonchev–Trinajstić information content (AvgIpc) is 2.40. The summed E-state index contributed by atoms with van der Waals surface area (Å²) in [5.74, 6) is 1.51. The summed E-state index contributed by atoms with van der Waals surface area (Å²) in [6, 6.07) is 5.91. The minimum Gasteiger partial charge on any atom is -0.491 e. The molecule has 3 nitrogen and oxygen atoms in total. The first-order valence-electron chi connectivity index (χ1n) is 6.97.